The molecule has 0 spiro atoms. The zero-order valence-corrected chi connectivity index (χ0v) is 12.5. The van der Waals surface area contributed by atoms with E-state index in [0.717, 1.165) is 18.1 Å². The average Bonchev–Trinajstić information content (AvgIpc) is 2.84. The molecular formula is C15H31N3. The molecule has 0 aliphatic carbocycles. The van der Waals surface area contributed by atoms with Gasteiger partial charge in [-0.3, -0.25) is 4.90 Å². The van der Waals surface area contributed by atoms with Crippen molar-refractivity contribution >= 4 is 0 Å². The molecule has 3 heteroatoms. The molecule has 2 rings (SSSR count). The summed E-state index contributed by atoms with van der Waals surface area (Å²) in [4.78, 5) is 5.24. The predicted molar refractivity (Wildman–Crippen MR) is 78.0 cm³/mol. The van der Waals surface area contributed by atoms with E-state index in [1.807, 2.05) is 0 Å². The van der Waals surface area contributed by atoms with Crippen molar-refractivity contribution in [2.75, 3.05) is 32.7 Å². The van der Waals surface area contributed by atoms with Gasteiger partial charge in [0.1, 0.15) is 0 Å². The van der Waals surface area contributed by atoms with Crippen molar-refractivity contribution in [3.63, 3.8) is 0 Å². The third kappa shape index (κ3) is 3.69. The summed E-state index contributed by atoms with van der Waals surface area (Å²) >= 11 is 0. The molecular weight excluding hydrogens is 222 g/mol. The molecule has 1 atom stereocenters. The number of nitrogens with one attached hydrogen (secondary N) is 1. The molecule has 1 N–H and O–H groups in total. The maximum atomic E-state index is 3.82. The third-order valence-electron chi connectivity index (χ3n) is 4.81. The van der Waals surface area contributed by atoms with Gasteiger partial charge in [0.05, 0.1) is 0 Å². The first kappa shape index (κ1) is 14.3. The van der Waals surface area contributed by atoms with Gasteiger partial charge in [-0.25, -0.2) is 0 Å². The number of rotatable bonds is 5. The average molecular weight is 253 g/mol. The fourth-order valence-corrected chi connectivity index (χ4v) is 3.47. The van der Waals surface area contributed by atoms with Crippen LogP contribution in [0.15, 0.2) is 0 Å². The molecule has 0 radical (unpaired) electrons. The summed E-state index contributed by atoms with van der Waals surface area (Å²) in [5.41, 5.74) is 0. The lowest BCUT2D eigenvalue weighted by Crippen LogP contribution is -2.48. The predicted octanol–water partition coefficient (Wildman–Crippen LogP) is 1.93. The lowest BCUT2D eigenvalue weighted by molar-refractivity contribution is 0.156. The highest BCUT2D eigenvalue weighted by atomic mass is 15.2. The molecule has 0 amide bonds. The molecule has 2 aliphatic rings. The van der Waals surface area contributed by atoms with E-state index in [2.05, 4.69) is 35.9 Å². The van der Waals surface area contributed by atoms with Crippen LogP contribution in [0.5, 0.6) is 0 Å². The van der Waals surface area contributed by atoms with E-state index in [9.17, 15) is 0 Å². The van der Waals surface area contributed by atoms with Gasteiger partial charge in [0.15, 0.2) is 0 Å². The second kappa shape index (κ2) is 6.88. The van der Waals surface area contributed by atoms with Crippen LogP contribution >= 0.6 is 0 Å². The number of likely N-dealkylation sites (N-methyl/N-ethyl adjacent to an activating group) is 1. The largest absolute Gasteiger partial charge is 0.312 e. The van der Waals surface area contributed by atoms with E-state index in [0.29, 0.717) is 0 Å². The maximum absolute atomic E-state index is 3.82. The zero-order chi connectivity index (χ0) is 13.0. The van der Waals surface area contributed by atoms with Gasteiger partial charge < -0.3 is 10.2 Å². The molecule has 0 saturated carbocycles. The number of likely N-dealkylation sites (tertiary alicyclic amines) is 2. The Balaban J connectivity index is 1.66. The Morgan fingerprint density at radius 2 is 1.83 bits per heavy atom. The minimum Gasteiger partial charge on any atom is -0.312 e. The SMILES string of the molecule is CCN1CCCC1CNC1CCN(C(C)C)CC1. The number of piperidine rings is 1. The maximum Gasteiger partial charge on any atom is 0.0221 e. The van der Waals surface area contributed by atoms with Crippen molar-refractivity contribution in [2.45, 2.75) is 64.6 Å². The van der Waals surface area contributed by atoms with Crippen LogP contribution < -0.4 is 5.32 Å². The molecule has 1 unspecified atom stereocenters. The Hall–Kier alpha value is -0.120. The molecule has 2 heterocycles. The fourth-order valence-electron chi connectivity index (χ4n) is 3.47. The van der Waals surface area contributed by atoms with Crippen LogP contribution in [0.3, 0.4) is 0 Å². The molecule has 0 bridgehead atoms. The Bertz CT molecular complexity index is 234. The van der Waals surface area contributed by atoms with E-state index in [1.165, 1.54) is 58.4 Å². The van der Waals surface area contributed by atoms with Crippen LogP contribution in [0.25, 0.3) is 0 Å². The zero-order valence-electron chi connectivity index (χ0n) is 12.5. The first-order chi connectivity index (χ1) is 8.70. The topological polar surface area (TPSA) is 18.5 Å². The van der Waals surface area contributed by atoms with Crippen LogP contribution in [-0.4, -0.2) is 60.6 Å². The van der Waals surface area contributed by atoms with Crippen LogP contribution in [0, 0.1) is 0 Å². The Morgan fingerprint density at radius 1 is 1.11 bits per heavy atom. The lowest BCUT2D eigenvalue weighted by Gasteiger charge is -2.36. The highest BCUT2D eigenvalue weighted by Crippen LogP contribution is 2.17. The summed E-state index contributed by atoms with van der Waals surface area (Å²) in [5.74, 6) is 0. The van der Waals surface area contributed by atoms with Gasteiger partial charge in [0.2, 0.25) is 0 Å². The van der Waals surface area contributed by atoms with Crippen LogP contribution in [0.1, 0.15) is 46.5 Å². The van der Waals surface area contributed by atoms with Crippen LogP contribution in [-0.2, 0) is 0 Å². The van der Waals surface area contributed by atoms with Crippen molar-refractivity contribution in [1.29, 1.82) is 0 Å². The van der Waals surface area contributed by atoms with E-state index >= 15 is 0 Å². The van der Waals surface area contributed by atoms with Crippen molar-refractivity contribution in [3.8, 4) is 0 Å². The van der Waals surface area contributed by atoms with Gasteiger partial charge in [-0.15, -0.1) is 0 Å². The molecule has 2 saturated heterocycles. The quantitative estimate of drug-likeness (QED) is 0.808. The minimum absolute atomic E-state index is 0.719. The Morgan fingerprint density at radius 3 is 2.44 bits per heavy atom. The van der Waals surface area contributed by atoms with E-state index < -0.39 is 0 Å². The van der Waals surface area contributed by atoms with Crippen molar-refractivity contribution in [3.05, 3.63) is 0 Å². The normalized spacial score (nSPS) is 28.3. The van der Waals surface area contributed by atoms with E-state index in [1.54, 1.807) is 0 Å². The molecule has 0 aromatic carbocycles. The molecule has 106 valence electrons. The second-order valence-corrected chi connectivity index (χ2v) is 6.24. The summed E-state index contributed by atoms with van der Waals surface area (Å²) in [6.45, 7) is 13.2. The smallest absolute Gasteiger partial charge is 0.0221 e. The number of nitrogens with zero attached hydrogens (tertiary/aromatic N) is 2. The fraction of sp³-hybridized carbons (Fsp3) is 1.00. The highest BCUT2D eigenvalue weighted by Gasteiger charge is 2.25. The van der Waals surface area contributed by atoms with Crippen LogP contribution in [0.2, 0.25) is 0 Å². The molecule has 0 aromatic heterocycles. The third-order valence-corrected chi connectivity index (χ3v) is 4.81. The van der Waals surface area contributed by atoms with Gasteiger partial charge >= 0.3 is 0 Å². The summed E-state index contributed by atoms with van der Waals surface area (Å²) in [6, 6.07) is 2.29. The molecule has 0 aromatic rings. The van der Waals surface area contributed by atoms with Crippen molar-refractivity contribution < 1.29 is 0 Å². The Kier molecular flexibility index (Phi) is 5.46. The molecule has 3 nitrogen and oxygen atoms in total. The van der Waals surface area contributed by atoms with Gasteiger partial charge in [0.25, 0.3) is 0 Å². The van der Waals surface area contributed by atoms with Gasteiger partial charge in [-0.2, -0.15) is 0 Å². The Labute approximate surface area is 113 Å². The molecule has 2 fully saturated rings. The lowest BCUT2D eigenvalue weighted by atomic mass is 10.0. The monoisotopic (exact) mass is 253 g/mol. The number of hydrogen-bond donors (Lipinski definition) is 1. The van der Waals surface area contributed by atoms with Gasteiger partial charge in [0, 0.05) is 24.7 Å². The second-order valence-electron chi connectivity index (χ2n) is 6.24. The van der Waals surface area contributed by atoms with E-state index in [-0.39, 0.29) is 0 Å². The van der Waals surface area contributed by atoms with Crippen LogP contribution in [0.4, 0.5) is 0 Å². The van der Waals surface area contributed by atoms with Crippen molar-refractivity contribution in [2.24, 2.45) is 0 Å². The first-order valence-electron chi connectivity index (χ1n) is 7.92. The molecule has 18 heavy (non-hydrogen) atoms. The summed E-state index contributed by atoms with van der Waals surface area (Å²) < 4.78 is 0. The van der Waals surface area contributed by atoms with Crippen molar-refractivity contribution in [1.82, 2.24) is 15.1 Å². The first-order valence-corrected chi connectivity index (χ1v) is 7.92. The molecule has 2 aliphatic heterocycles. The minimum atomic E-state index is 0.719. The van der Waals surface area contributed by atoms with Gasteiger partial charge in [-0.05, 0) is 65.7 Å². The summed E-state index contributed by atoms with van der Waals surface area (Å²) in [6.07, 6.45) is 5.45. The summed E-state index contributed by atoms with van der Waals surface area (Å²) in [7, 11) is 0. The standard InChI is InChI=1S/C15H31N3/c1-4-17-9-5-6-15(17)12-16-14-7-10-18(11-8-14)13(2)3/h13-16H,4-12H2,1-3H3. The van der Waals surface area contributed by atoms with Gasteiger partial charge in [-0.1, -0.05) is 6.92 Å². The highest BCUT2D eigenvalue weighted by molar-refractivity contribution is 4.84. The number of hydrogen-bond acceptors (Lipinski definition) is 3. The van der Waals surface area contributed by atoms with E-state index in [4.69, 9.17) is 0 Å². The summed E-state index contributed by atoms with van der Waals surface area (Å²) in [5, 5.41) is 3.82.